The number of likely N-dealkylation sites (N-methyl/N-ethyl adjacent to an activating group) is 1. The zero-order chi connectivity index (χ0) is 14.5. The highest BCUT2D eigenvalue weighted by molar-refractivity contribution is 5.81. The van der Waals surface area contributed by atoms with Crippen LogP contribution in [0.5, 0.6) is 0 Å². The number of fused-ring (bicyclic) bond motifs is 1. The first kappa shape index (κ1) is 14.3. The Kier molecular flexibility index (Phi) is 4.66. The molecule has 1 unspecified atom stereocenters. The highest BCUT2D eigenvalue weighted by Crippen LogP contribution is 2.24. The molecule has 1 aliphatic rings. The van der Waals surface area contributed by atoms with Gasteiger partial charge in [0.15, 0.2) is 0 Å². The lowest BCUT2D eigenvalue weighted by Crippen LogP contribution is -2.28. The quantitative estimate of drug-likeness (QED) is 0.828. The van der Waals surface area contributed by atoms with E-state index in [0.717, 1.165) is 11.9 Å². The van der Waals surface area contributed by atoms with Gasteiger partial charge in [-0.2, -0.15) is 0 Å². The fourth-order valence-corrected chi connectivity index (χ4v) is 3.28. The van der Waals surface area contributed by atoms with Gasteiger partial charge in [-0.1, -0.05) is 29.8 Å². The smallest absolute Gasteiger partial charge is 0.0704 e. The minimum atomic E-state index is 0.514. The highest BCUT2D eigenvalue weighted by Gasteiger charge is 2.13. The van der Waals surface area contributed by atoms with Gasteiger partial charge in [0.25, 0.3) is 0 Å². The molecule has 3 rings (SSSR count). The molecule has 2 aromatic rings. The predicted molar refractivity (Wildman–Crippen MR) is 89.5 cm³/mol. The molecule has 0 saturated carbocycles. The Morgan fingerprint density at radius 3 is 2.86 bits per heavy atom. The van der Waals surface area contributed by atoms with Crippen LogP contribution in [-0.4, -0.2) is 18.1 Å². The second-order valence-electron chi connectivity index (χ2n) is 5.99. The predicted octanol–water partition coefficient (Wildman–Crippen LogP) is 4.26. The molecule has 1 N–H and O–H groups in total. The van der Waals surface area contributed by atoms with Crippen molar-refractivity contribution >= 4 is 10.9 Å². The summed E-state index contributed by atoms with van der Waals surface area (Å²) in [6.45, 7) is 0. The van der Waals surface area contributed by atoms with Crippen molar-refractivity contribution in [2.24, 2.45) is 0 Å². The van der Waals surface area contributed by atoms with Crippen LogP contribution in [0.2, 0.25) is 0 Å². The summed E-state index contributed by atoms with van der Waals surface area (Å²) in [6.07, 6.45) is 11.9. The molecule has 1 atom stereocenters. The van der Waals surface area contributed by atoms with Crippen molar-refractivity contribution in [1.29, 1.82) is 0 Å². The van der Waals surface area contributed by atoms with Crippen molar-refractivity contribution in [2.75, 3.05) is 7.05 Å². The molecule has 2 nitrogen and oxygen atoms in total. The minimum absolute atomic E-state index is 0.514. The number of pyridine rings is 1. The fraction of sp³-hybridized carbons (Fsp3) is 0.421. The second-order valence-corrected chi connectivity index (χ2v) is 5.99. The zero-order valence-corrected chi connectivity index (χ0v) is 12.8. The number of nitrogens with zero attached hydrogens (tertiary/aromatic N) is 1. The lowest BCUT2D eigenvalue weighted by molar-refractivity contribution is 0.533. The van der Waals surface area contributed by atoms with E-state index in [-0.39, 0.29) is 0 Å². The van der Waals surface area contributed by atoms with Gasteiger partial charge in [-0.15, -0.1) is 0 Å². The molecule has 21 heavy (non-hydrogen) atoms. The number of aromatic nitrogens is 1. The van der Waals surface area contributed by atoms with Gasteiger partial charge in [0.1, 0.15) is 0 Å². The van der Waals surface area contributed by atoms with Gasteiger partial charge < -0.3 is 5.32 Å². The summed E-state index contributed by atoms with van der Waals surface area (Å²) in [5.74, 6) is 0. The van der Waals surface area contributed by atoms with Gasteiger partial charge in [0, 0.05) is 17.6 Å². The van der Waals surface area contributed by atoms with Crippen LogP contribution in [0.4, 0.5) is 0 Å². The normalized spacial score (nSPS) is 16.7. The zero-order valence-electron chi connectivity index (χ0n) is 12.8. The molecule has 1 aliphatic carbocycles. The van der Waals surface area contributed by atoms with Crippen LogP contribution in [0.15, 0.2) is 48.2 Å². The van der Waals surface area contributed by atoms with E-state index in [0.29, 0.717) is 6.04 Å². The second kappa shape index (κ2) is 6.86. The third-order valence-corrected chi connectivity index (χ3v) is 4.51. The molecule has 0 saturated heterocycles. The van der Waals surface area contributed by atoms with Gasteiger partial charge >= 0.3 is 0 Å². The van der Waals surface area contributed by atoms with Crippen LogP contribution >= 0.6 is 0 Å². The largest absolute Gasteiger partial charge is 0.316 e. The maximum atomic E-state index is 4.46. The monoisotopic (exact) mass is 280 g/mol. The molecule has 0 spiro atoms. The summed E-state index contributed by atoms with van der Waals surface area (Å²) in [6, 6.07) is 11.1. The van der Waals surface area contributed by atoms with Crippen LogP contribution < -0.4 is 5.32 Å². The van der Waals surface area contributed by atoms with Crippen LogP contribution in [0.1, 0.15) is 37.7 Å². The van der Waals surface area contributed by atoms with Gasteiger partial charge in [0.2, 0.25) is 0 Å². The first-order valence-corrected chi connectivity index (χ1v) is 8.04. The Hall–Kier alpha value is -1.67. The molecule has 0 radical (unpaired) electrons. The maximum Gasteiger partial charge on any atom is 0.0704 e. The summed E-state index contributed by atoms with van der Waals surface area (Å²) in [5.41, 5.74) is 4.14. The number of hydrogen-bond acceptors (Lipinski definition) is 2. The molecule has 1 heterocycles. The first-order valence-electron chi connectivity index (χ1n) is 8.04. The van der Waals surface area contributed by atoms with E-state index in [2.05, 4.69) is 53.8 Å². The third kappa shape index (κ3) is 3.51. The van der Waals surface area contributed by atoms with E-state index in [4.69, 9.17) is 0 Å². The van der Waals surface area contributed by atoms with E-state index in [1.165, 1.54) is 43.1 Å². The maximum absolute atomic E-state index is 4.46. The van der Waals surface area contributed by atoms with Crippen molar-refractivity contribution in [3.8, 4) is 0 Å². The lowest BCUT2D eigenvalue weighted by Gasteiger charge is -2.21. The molecule has 1 aromatic heterocycles. The summed E-state index contributed by atoms with van der Waals surface area (Å²) in [7, 11) is 2.08. The molecule has 110 valence electrons. The van der Waals surface area contributed by atoms with Crippen molar-refractivity contribution in [2.45, 2.75) is 44.6 Å². The number of allylic oxidation sites excluding steroid dienone is 1. The first-order chi connectivity index (χ1) is 10.4. The third-order valence-electron chi connectivity index (χ3n) is 4.51. The summed E-state index contributed by atoms with van der Waals surface area (Å²) < 4.78 is 0. The average Bonchev–Trinajstić information content (AvgIpc) is 2.55. The molecule has 2 heteroatoms. The van der Waals surface area contributed by atoms with Gasteiger partial charge in [-0.3, -0.25) is 4.98 Å². The Labute approximate surface area is 127 Å². The number of benzene rings is 1. The number of hydrogen-bond donors (Lipinski definition) is 1. The molecule has 0 aliphatic heterocycles. The summed E-state index contributed by atoms with van der Waals surface area (Å²) in [5, 5.41) is 4.79. The van der Waals surface area contributed by atoms with Crippen LogP contribution in [-0.2, 0) is 6.42 Å². The molecule has 0 bridgehead atoms. The average molecular weight is 280 g/mol. The Balaban J connectivity index is 1.77. The van der Waals surface area contributed by atoms with E-state index in [1.54, 1.807) is 5.57 Å². The Bertz CT molecular complexity index is 625. The molecule has 0 fully saturated rings. The van der Waals surface area contributed by atoms with Crippen LogP contribution in [0.25, 0.3) is 10.9 Å². The van der Waals surface area contributed by atoms with Gasteiger partial charge in [-0.05, 0) is 63.3 Å². The number of rotatable bonds is 5. The van der Waals surface area contributed by atoms with E-state index in [1.807, 2.05) is 6.20 Å². The van der Waals surface area contributed by atoms with E-state index in [9.17, 15) is 0 Å². The Morgan fingerprint density at radius 1 is 1.14 bits per heavy atom. The molecular weight excluding hydrogens is 256 g/mol. The van der Waals surface area contributed by atoms with Crippen molar-refractivity contribution < 1.29 is 0 Å². The van der Waals surface area contributed by atoms with Crippen LogP contribution in [0.3, 0.4) is 0 Å². The van der Waals surface area contributed by atoms with Crippen LogP contribution in [0, 0.1) is 0 Å². The minimum Gasteiger partial charge on any atom is -0.316 e. The summed E-state index contributed by atoms with van der Waals surface area (Å²) >= 11 is 0. The van der Waals surface area contributed by atoms with Crippen molar-refractivity contribution in [3.05, 3.63) is 53.7 Å². The Morgan fingerprint density at radius 2 is 2.05 bits per heavy atom. The SMILES string of the molecule is CNC(CC1=CCCCC1)Cc1ccnc2ccccc12. The van der Waals surface area contributed by atoms with Crippen molar-refractivity contribution in [3.63, 3.8) is 0 Å². The standard InChI is InChI=1S/C19H24N2/c1-20-17(13-15-7-3-2-4-8-15)14-16-11-12-21-19-10-6-5-9-18(16)19/h5-7,9-12,17,20H,2-4,8,13-14H2,1H3. The van der Waals surface area contributed by atoms with E-state index >= 15 is 0 Å². The number of para-hydroxylation sites is 1. The molecule has 0 amide bonds. The van der Waals surface area contributed by atoms with Crippen molar-refractivity contribution in [1.82, 2.24) is 10.3 Å². The topological polar surface area (TPSA) is 24.9 Å². The fourth-order valence-electron chi connectivity index (χ4n) is 3.28. The summed E-state index contributed by atoms with van der Waals surface area (Å²) in [4.78, 5) is 4.46. The van der Waals surface area contributed by atoms with Gasteiger partial charge in [-0.25, -0.2) is 0 Å². The highest BCUT2D eigenvalue weighted by atomic mass is 14.9. The van der Waals surface area contributed by atoms with E-state index < -0.39 is 0 Å². The number of nitrogens with one attached hydrogen (secondary N) is 1. The lowest BCUT2D eigenvalue weighted by atomic mass is 9.91. The van der Waals surface area contributed by atoms with Gasteiger partial charge in [0.05, 0.1) is 5.52 Å². The molecule has 1 aromatic carbocycles. The molecular formula is C19H24N2.